The van der Waals surface area contributed by atoms with Gasteiger partial charge in [0.2, 0.25) is 0 Å². The van der Waals surface area contributed by atoms with Gasteiger partial charge in [0.15, 0.2) is 0 Å². The fraction of sp³-hybridized carbons (Fsp3) is 0.429. The van der Waals surface area contributed by atoms with Crippen LogP contribution in [0.3, 0.4) is 0 Å². The van der Waals surface area contributed by atoms with E-state index in [9.17, 15) is 8.78 Å². The normalized spacial score (nSPS) is 20.1. The fourth-order valence-electron chi connectivity index (χ4n) is 2.03. The topological polar surface area (TPSA) is 9.23 Å². The second kappa shape index (κ2) is 4.86. The lowest BCUT2D eigenvalue weighted by Gasteiger charge is -2.26. The summed E-state index contributed by atoms with van der Waals surface area (Å²) in [6, 6.07) is 3.65. The quantitative estimate of drug-likeness (QED) is 0.752. The first-order chi connectivity index (χ1) is 8.08. The number of allylic oxidation sites excluding steroid dienone is 1. The van der Waals surface area contributed by atoms with Crippen molar-refractivity contribution in [1.29, 1.82) is 0 Å². The molecule has 0 bridgehead atoms. The van der Waals surface area contributed by atoms with Crippen molar-refractivity contribution in [2.75, 3.05) is 0 Å². The molecule has 17 heavy (non-hydrogen) atoms. The Kier molecular flexibility index (Phi) is 3.46. The Morgan fingerprint density at radius 3 is 2.59 bits per heavy atom. The molecule has 1 atom stereocenters. The van der Waals surface area contributed by atoms with E-state index in [1.807, 2.05) is 0 Å². The molecule has 1 aromatic rings. The minimum atomic E-state index is -0.552. The van der Waals surface area contributed by atoms with Crippen molar-refractivity contribution in [2.24, 2.45) is 5.92 Å². The van der Waals surface area contributed by atoms with Crippen LogP contribution in [0.1, 0.15) is 32.3 Å². The standard InChI is InChI=1S/C14H16F2O/c1-9(2)14-6-3-10(8-17-14)12-5-4-11(15)7-13(12)16/h4-5,7-9,14H,3,6H2,1-2H3/t14-/m0/s1. The van der Waals surface area contributed by atoms with Crippen LogP contribution >= 0.6 is 0 Å². The Morgan fingerprint density at radius 2 is 2.06 bits per heavy atom. The Labute approximate surface area is 100 Å². The van der Waals surface area contributed by atoms with Gasteiger partial charge in [-0.25, -0.2) is 8.78 Å². The highest BCUT2D eigenvalue weighted by Gasteiger charge is 2.20. The lowest BCUT2D eigenvalue weighted by molar-refractivity contribution is 0.0858. The third kappa shape index (κ3) is 2.65. The Balaban J connectivity index is 2.19. The van der Waals surface area contributed by atoms with E-state index in [1.165, 1.54) is 12.1 Å². The van der Waals surface area contributed by atoms with Crippen LogP contribution in [0.15, 0.2) is 24.5 Å². The maximum Gasteiger partial charge on any atom is 0.133 e. The molecular weight excluding hydrogens is 222 g/mol. The minimum absolute atomic E-state index is 0.197. The predicted octanol–water partition coefficient (Wildman–Crippen LogP) is 4.14. The molecule has 0 radical (unpaired) electrons. The van der Waals surface area contributed by atoms with Crippen LogP contribution in [0.5, 0.6) is 0 Å². The molecule has 1 aliphatic rings. The van der Waals surface area contributed by atoms with Crippen molar-refractivity contribution in [2.45, 2.75) is 32.8 Å². The molecule has 0 saturated heterocycles. The third-order valence-electron chi connectivity index (χ3n) is 3.10. The smallest absolute Gasteiger partial charge is 0.133 e. The van der Waals surface area contributed by atoms with Gasteiger partial charge in [0, 0.05) is 11.6 Å². The summed E-state index contributed by atoms with van der Waals surface area (Å²) < 4.78 is 31.9. The molecule has 0 fully saturated rings. The summed E-state index contributed by atoms with van der Waals surface area (Å²) in [5, 5.41) is 0. The van der Waals surface area contributed by atoms with Crippen molar-refractivity contribution in [3.63, 3.8) is 0 Å². The lowest BCUT2D eigenvalue weighted by atomic mass is 9.94. The van der Waals surface area contributed by atoms with Crippen molar-refractivity contribution < 1.29 is 13.5 Å². The molecule has 2 rings (SSSR count). The molecule has 0 N–H and O–H groups in total. The molecule has 3 heteroatoms. The van der Waals surface area contributed by atoms with Crippen LogP contribution in [0.25, 0.3) is 5.57 Å². The minimum Gasteiger partial charge on any atom is -0.497 e. The van der Waals surface area contributed by atoms with Gasteiger partial charge < -0.3 is 4.74 Å². The zero-order valence-electron chi connectivity index (χ0n) is 10.0. The number of hydrogen-bond donors (Lipinski definition) is 0. The Bertz CT molecular complexity index is 438. The van der Waals surface area contributed by atoms with Gasteiger partial charge in [-0.15, -0.1) is 0 Å². The average Bonchev–Trinajstić information content (AvgIpc) is 2.29. The van der Waals surface area contributed by atoms with E-state index in [1.54, 1.807) is 6.26 Å². The van der Waals surface area contributed by atoms with E-state index in [4.69, 9.17) is 4.74 Å². The molecule has 0 unspecified atom stereocenters. The molecule has 0 saturated carbocycles. The lowest BCUT2D eigenvalue weighted by Crippen LogP contribution is -2.20. The van der Waals surface area contributed by atoms with Gasteiger partial charge in [-0.2, -0.15) is 0 Å². The van der Waals surface area contributed by atoms with Crippen LogP contribution in [-0.4, -0.2) is 6.10 Å². The first-order valence-corrected chi connectivity index (χ1v) is 5.88. The first kappa shape index (κ1) is 12.1. The molecule has 1 nitrogen and oxygen atoms in total. The first-order valence-electron chi connectivity index (χ1n) is 5.88. The highest BCUT2D eigenvalue weighted by atomic mass is 19.1. The summed E-state index contributed by atoms with van der Waals surface area (Å²) in [4.78, 5) is 0. The Hall–Kier alpha value is -1.38. The highest BCUT2D eigenvalue weighted by Crippen LogP contribution is 2.30. The molecular formula is C14H16F2O. The third-order valence-corrected chi connectivity index (χ3v) is 3.10. The maximum absolute atomic E-state index is 13.6. The van der Waals surface area contributed by atoms with E-state index < -0.39 is 11.6 Å². The summed E-state index contributed by atoms with van der Waals surface area (Å²) >= 11 is 0. The van der Waals surface area contributed by atoms with Crippen LogP contribution < -0.4 is 0 Å². The number of benzene rings is 1. The summed E-state index contributed by atoms with van der Waals surface area (Å²) in [5.74, 6) is -0.627. The van der Waals surface area contributed by atoms with E-state index >= 15 is 0 Å². The monoisotopic (exact) mass is 238 g/mol. The second-order valence-electron chi connectivity index (χ2n) is 4.72. The fourth-order valence-corrected chi connectivity index (χ4v) is 2.03. The second-order valence-corrected chi connectivity index (χ2v) is 4.72. The number of halogens is 2. The van der Waals surface area contributed by atoms with Gasteiger partial charge in [-0.3, -0.25) is 0 Å². The zero-order chi connectivity index (χ0) is 12.4. The van der Waals surface area contributed by atoms with E-state index in [0.717, 1.165) is 24.5 Å². The van der Waals surface area contributed by atoms with Crippen molar-refractivity contribution in [1.82, 2.24) is 0 Å². The van der Waals surface area contributed by atoms with Crippen LogP contribution in [0.4, 0.5) is 8.78 Å². The molecule has 1 heterocycles. The predicted molar refractivity (Wildman–Crippen MR) is 63.3 cm³/mol. The van der Waals surface area contributed by atoms with E-state index in [-0.39, 0.29) is 6.10 Å². The summed E-state index contributed by atoms with van der Waals surface area (Å²) in [6.45, 7) is 4.20. The maximum atomic E-state index is 13.6. The average molecular weight is 238 g/mol. The summed E-state index contributed by atoms with van der Waals surface area (Å²) in [7, 11) is 0. The highest BCUT2D eigenvalue weighted by molar-refractivity contribution is 5.65. The number of hydrogen-bond acceptors (Lipinski definition) is 1. The number of rotatable bonds is 2. The van der Waals surface area contributed by atoms with E-state index in [2.05, 4.69) is 13.8 Å². The van der Waals surface area contributed by atoms with Crippen LogP contribution in [0.2, 0.25) is 0 Å². The largest absolute Gasteiger partial charge is 0.497 e. The molecule has 1 aromatic carbocycles. The van der Waals surface area contributed by atoms with Gasteiger partial charge in [-0.05, 0) is 36.5 Å². The SMILES string of the molecule is CC(C)[C@@H]1CCC(c2ccc(F)cc2F)=CO1. The summed E-state index contributed by atoms with van der Waals surface area (Å²) in [5.41, 5.74) is 1.24. The van der Waals surface area contributed by atoms with Crippen molar-refractivity contribution in [3.05, 3.63) is 41.7 Å². The van der Waals surface area contributed by atoms with Crippen molar-refractivity contribution >= 4 is 5.57 Å². The molecule has 92 valence electrons. The molecule has 0 amide bonds. The van der Waals surface area contributed by atoms with Crippen molar-refractivity contribution in [3.8, 4) is 0 Å². The zero-order valence-corrected chi connectivity index (χ0v) is 10.0. The van der Waals surface area contributed by atoms with Gasteiger partial charge in [0.1, 0.15) is 17.7 Å². The molecule has 0 spiro atoms. The van der Waals surface area contributed by atoms with Gasteiger partial charge >= 0.3 is 0 Å². The van der Waals surface area contributed by atoms with E-state index in [0.29, 0.717) is 11.5 Å². The van der Waals surface area contributed by atoms with Gasteiger partial charge in [-0.1, -0.05) is 13.8 Å². The number of ether oxygens (including phenoxy) is 1. The molecule has 0 aromatic heterocycles. The van der Waals surface area contributed by atoms with Crippen LogP contribution in [0, 0.1) is 17.6 Å². The van der Waals surface area contributed by atoms with Crippen LogP contribution in [-0.2, 0) is 4.74 Å². The molecule has 1 aliphatic heterocycles. The Morgan fingerprint density at radius 1 is 1.29 bits per heavy atom. The molecule has 0 aliphatic carbocycles. The summed E-state index contributed by atoms with van der Waals surface area (Å²) in [6.07, 6.45) is 3.46. The van der Waals surface area contributed by atoms with Gasteiger partial charge in [0.25, 0.3) is 0 Å². The van der Waals surface area contributed by atoms with Gasteiger partial charge in [0.05, 0.1) is 6.26 Å².